The Morgan fingerprint density at radius 3 is 2.79 bits per heavy atom. The Kier molecular flexibility index (Phi) is 4.14. The normalized spacial score (nSPS) is 10.1. The van der Waals surface area contributed by atoms with Gasteiger partial charge in [0, 0.05) is 10.9 Å². The number of hydrogen-bond acceptors (Lipinski definition) is 1. The van der Waals surface area contributed by atoms with Crippen LogP contribution in [-0.2, 0) is 11.2 Å². The van der Waals surface area contributed by atoms with Crippen molar-refractivity contribution in [2.75, 3.05) is 0 Å². The molecule has 0 radical (unpaired) electrons. The van der Waals surface area contributed by atoms with Gasteiger partial charge in [0.05, 0.1) is 0 Å². The smallest absolute Gasteiger partial charge is 0.217 e. The number of aryl methyl sites for hydroxylation is 2. The van der Waals surface area contributed by atoms with Crippen LogP contribution in [0.15, 0.2) is 22.7 Å². The van der Waals surface area contributed by atoms with Crippen molar-refractivity contribution < 1.29 is 4.79 Å². The first-order chi connectivity index (χ1) is 6.59. The second-order valence-corrected chi connectivity index (χ2v) is 4.31. The molecule has 1 aromatic carbocycles. The van der Waals surface area contributed by atoms with Crippen molar-refractivity contribution in [3.05, 3.63) is 33.8 Å². The number of benzene rings is 1. The van der Waals surface area contributed by atoms with Crippen LogP contribution in [0.25, 0.3) is 0 Å². The lowest BCUT2D eigenvalue weighted by atomic mass is 10.0. The molecule has 0 aromatic heterocycles. The molecule has 1 aromatic rings. The largest absolute Gasteiger partial charge is 0.370 e. The number of rotatable bonds is 4. The highest BCUT2D eigenvalue weighted by molar-refractivity contribution is 9.10. The molecule has 14 heavy (non-hydrogen) atoms. The van der Waals surface area contributed by atoms with E-state index in [0.29, 0.717) is 6.42 Å². The summed E-state index contributed by atoms with van der Waals surface area (Å²) in [6, 6.07) is 6.19. The lowest BCUT2D eigenvalue weighted by molar-refractivity contribution is -0.118. The predicted molar refractivity (Wildman–Crippen MR) is 61.0 cm³/mol. The predicted octanol–water partition coefficient (Wildman–Crippen LogP) is 2.57. The van der Waals surface area contributed by atoms with Gasteiger partial charge in [0.2, 0.25) is 5.91 Å². The lowest BCUT2D eigenvalue weighted by Gasteiger charge is -2.05. The molecule has 0 aliphatic rings. The van der Waals surface area contributed by atoms with E-state index in [4.69, 9.17) is 5.73 Å². The zero-order valence-electron chi connectivity index (χ0n) is 8.22. The molecule has 0 aliphatic heterocycles. The highest BCUT2D eigenvalue weighted by Gasteiger charge is 2.00. The first kappa shape index (κ1) is 11.2. The van der Waals surface area contributed by atoms with Gasteiger partial charge >= 0.3 is 0 Å². The standard InChI is InChI=1S/C11H14BrNO/c1-8-7-10(12)6-5-9(8)3-2-4-11(13)14/h5-7H,2-4H2,1H3,(H2,13,14). The second kappa shape index (κ2) is 5.15. The topological polar surface area (TPSA) is 43.1 Å². The van der Waals surface area contributed by atoms with Gasteiger partial charge < -0.3 is 5.73 Å². The zero-order valence-corrected chi connectivity index (χ0v) is 9.80. The number of carbonyl (C=O) groups excluding carboxylic acids is 1. The Morgan fingerprint density at radius 1 is 1.50 bits per heavy atom. The van der Waals surface area contributed by atoms with Crippen molar-refractivity contribution in [1.82, 2.24) is 0 Å². The summed E-state index contributed by atoms with van der Waals surface area (Å²) in [5.41, 5.74) is 7.61. The van der Waals surface area contributed by atoms with E-state index < -0.39 is 0 Å². The summed E-state index contributed by atoms with van der Waals surface area (Å²) < 4.78 is 1.09. The van der Waals surface area contributed by atoms with Crippen LogP contribution in [0.3, 0.4) is 0 Å². The molecule has 2 N–H and O–H groups in total. The fourth-order valence-corrected chi connectivity index (χ4v) is 1.87. The van der Waals surface area contributed by atoms with Crippen LogP contribution >= 0.6 is 15.9 Å². The van der Waals surface area contributed by atoms with Gasteiger partial charge in [0.1, 0.15) is 0 Å². The number of amides is 1. The maximum atomic E-state index is 10.5. The van der Waals surface area contributed by atoms with Gasteiger partial charge in [-0.3, -0.25) is 4.79 Å². The highest BCUT2D eigenvalue weighted by atomic mass is 79.9. The Morgan fingerprint density at radius 2 is 2.21 bits per heavy atom. The van der Waals surface area contributed by atoms with Crippen LogP contribution in [0, 0.1) is 6.92 Å². The number of nitrogens with two attached hydrogens (primary N) is 1. The van der Waals surface area contributed by atoms with E-state index >= 15 is 0 Å². The van der Waals surface area contributed by atoms with E-state index in [-0.39, 0.29) is 5.91 Å². The molecule has 0 aliphatic carbocycles. The van der Waals surface area contributed by atoms with Crippen molar-refractivity contribution in [2.45, 2.75) is 26.2 Å². The van der Waals surface area contributed by atoms with Gasteiger partial charge in [0.15, 0.2) is 0 Å². The minimum Gasteiger partial charge on any atom is -0.370 e. The third-order valence-corrected chi connectivity index (χ3v) is 2.67. The molecular weight excluding hydrogens is 242 g/mol. The molecule has 0 saturated heterocycles. The van der Waals surface area contributed by atoms with Gasteiger partial charge in [-0.25, -0.2) is 0 Å². The molecule has 2 nitrogen and oxygen atoms in total. The van der Waals surface area contributed by atoms with E-state index in [1.165, 1.54) is 11.1 Å². The number of halogens is 1. The van der Waals surface area contributed by atoms with Gasteiger partial charge in [0.25, 0.3) is 0 Å². The minimum absolute atomic E-state index is 0.222. The molecule has 3 heteroatoms. The van der Waals surface area contributed by atoms with Crippen LogP contribution in [0.1, 0.15) is 24.0 Å². The van der Waals surface area contributed by atoms with Crippen molar-refractivity contribution in [3.63, 3.8) is 0 Å². The fraction of sp³-hybridized carbons (Fsp3) is 0.364. The SMILES string of the molecule is Cc1cc(Br)ccc1CCCC(N)=O. The molecule has 0 fully saturated rings. The van der Waals surface area contributed by atoms with Crippen LogP contribution in [0.5, 0.6) is 0 Å². The molecule has 1 amide bonds. The van der Waals surface area contributed by atoms with Gasteiger partial charge in [-0.1, -0.05) is 22.0 Å². The molecule has 0 saturated carbocycles. The zero-order chi connectivity index (χ0) is 10.6. The molecule has 0 heterocycles. The Labute approximate surface area is 92.6 Å². The molecule has 0 atom stereocenters. The first-order valence-corrected chi connectivity index (χ1v) is 5.42. The summed E-state index contributed by atoms with van der Waals surface area (Å²) in [6.07, 6.45) is 2.22. The van der Waals surface area contributed by atoms with E-state index in [1.54, 1.807) is 0 Å². The van der Waals surface area contributed by atoms with E-state index in [1.807, 2.05) is 6.07 Å². The molecule has 1 rings (SSSR count). The quantitative estimate of drug-likeness (QED) is 0.883. The summed E-state index contributed by atoms with van der Waals surface area (Å²) >= 11 is 3.41. The summed E-state index contributed by atoms with van der Waals surface area (Å²) in [4.78, 5) is 10.5. The molecule has 0 bridgehead atoms. The van der Waals surface area contributed by atoms with Crippen LogP contribution < -0.4 is 5.73 Å². The summed E-state index contributed by atoms with van der Waals surface area (Å²) in [5, 5.41) is 0. The maximum Gasteiger partial charge on any atom is 0.217 e. The number of hydrogen-bond donors (Lipinski definition) is 1. The molecule has 0 unspecified atom stereocenters. The van der Waals surface area contributed by atoms with Crippen LogP contribution in [0.2, 0.25) is 0 Å². The van der Waals surface area contributed by atoms with Crippen molar-refractivity contribution in [3.8, 4) is 0 Å². The van der Waals surface area contributed by atoms with E-state index in [0.717, 1.165) is 17.3 Å². The Hall–Kier alpha value is -0.830. The minimum atomic E-state index is -0.222. The van der Waals surface area contributed by atoms with Gasteiger partial charge in [-0.2, -0.15) is 0 Å². The molecule has 0 spiro atoms. The van der Waals surface area contributed by atoms with Gasteiger partial charge in [-0.05, 0) is 43.0 Å². The van der Waals surface area contributed by atoms with Crippen LogP contribution in [0.4, 0.5) is 0 Å². The van der Waals surface area contributed by atoms with E-state index in [9.17, 15) is 4.79 Å². The second-order valence-electron chi connectivity index (χ2n) is 3.39. The van der Waals surface area contributed by atoms with Gasteiger partial charge in [-0.15, -0.1) is 0 Å². The third kappa shape index (κ3) is 3.50. The monoisotopic (exact) mass is 255 g/mol. The average Bonchev–Trinajstić information content (AvgIpc) is 2.08. The first-order valence-electron chi connectivity index (χ1n) is 4.63. The summed E-state index contributed by atoms with van der Waals surface area (Å²) in [5.74, 6) is -0.222. The van der Waals surface area contributed by atoms with Crippen molar-refractivity contribution >= 4 is 21.8 Å². The molecular formula is C11H14BrNO. The lowest BCUT2D eigenvalue weighted by Crippen LogP contribution is -2.10. The number of carbonyl (C=O) groups is 1. The Balaban J connectivity index is 2.55. The average molecular weight is 256 g/mol. The van der Waals surface area contributed by atoms with E-state index in [2.05, 4.69) is 35.0 Å². The fourth-order valence-electron chi connectivity index (χ4n) is 1.39. The maximum absolute atomic E-state index is 10.5. The number of primary amides is 1. The highest BCUT2D eigenvalue weighted by Crippen LogP contribution is 2.17. The Bertz CT molecular complexity index is 336. The summed E-state index contributed by atoms with van der Waals surface area (Å²) in [7, 11) is 0. The van der Waals surface area contributed by atoms with Crippen molar-refractivity contribution in [2.24, 2.45) is 5.73 Å². The summed E-state index contributed by atoms with van der Waals surface area (Å²) in [6.45, 7) is 2.07. The third-order valence-electron chi connectivity index (χ3n) is 2.17. The van der Waals surface area contributed by atoms with Crippen molar-refractivity contribution in [1.29, 1.82) is 0 Å². The molecule has 76 valence electrons. The van der Waals surface area contributed by atoms with Crippen LogP contribution in [-0.4, -0.2) is 5.91 Å².